The molecule has 3 heteroatoms. The number of carbonyl (C=O) groups is 1. The normalized spacial score (nSPS) is 22.7. The first-order valence-corrected chi connectivity index (χ1v) is 5.40. The van der Waals surface area contributed by atoms with Gasteiger partial charge in [-0.05, 0) is 25.3 Å². The lowest BCUT2D eigenvalue weighted by atomic mass is 10.1. The van der Waals surface area contributed by atoms with Crippen LogP contribution in [0.15, 0.2) is 18.2 Å². The number of benzene rings is 1. The van der Waals surface area contributed by atoms with E-state index in [1.807, 2.05) is 18.2 Å². The van der Waals surface area contributed by atoms with Crippen molar-refractivity contribution >= 4 is 5.78 Å². The van der Waals surface area contributed by atoms with Gasteiger partial charge in [0, 0.05) is 11.5 Å². The third-order valence-electron chi connectivity index (χ3n) is 3.15. The SMILES string of the molecule is COc1cccc([C@@H]2C[C@H]2C(C)=O)c1OC. The van der Waals surface area contributed by atoms with E-state index in [1.54, 1.807) is 21.1 Å². The molecule has 0 N–H and O–H groups in total. The highest BCUT2D eigenvalue weighted by atomic mass is 16.5. The van der Waals surface area contributed by atoms with Gasteiger partial charge in [-0.15, -0.1) is 0 Å². The number of para-hydroxylation sites is 1. The fraction of sp³-hybridized carbons (Fsp3) is 0.462. The van der Waals surface area contributed by atoms with Crippen molar-refractivity contribution in [3.8, 4) is 11.5 Å². The van der Waals surface area contributed by atoms with Crippen molar-refractivity contribution in [1.82, 2.24) is 0 Å². The lowest BCUT2D eigenvalue weighted by Gasteiger charge is -2.12. The highest BCUT2D eigenvalue weighted by Crippen LogP contribution is 2.52. The summed E-state index contributed by atoms with van der Waals surface area (Å²) in [7, 11) is 3.25. The van der Waals surface area contributed by atoms with Gasteiger partial charge >= 0.3 is 0 Å². The average Bonchev–Trinajstić information content (AvgIpc) is 3.07. The smallest absolute Gasteiger partial charge is 0.164 e. The first-order valence-electron chi connectivity index (χ1n) is 5.40. The molecule has 0 radical (unpaired) electrons. The fourth-order valence-corrected chi connectivity index (χ4v) is 2.19. The minimum atomic E-state index is 0.168. The van der Waals surface area contributed by atoms with Crippen LogP contribution >= 0.6 is 0 Å². The molecule has 86 valence electrons. The van der Waals surface area contributed by atoms with Gasteiger partial charge in [0.25, 0.3) is 0 Å². The number of hydrogen-bond acceptors (Lipinski definition) is 3. The molecule has 0 amide bonds. The van der Waals surface area contributed by atoms with Crippen LogP contribution in [0.2, 0.25) is 0 Å². The quantitative estimate of drug-likeness (QED) is 0.781. The number of ketones is 1. The van der Waals surface area contributed by atoms with Crippen LogP contribution in [0.1, 0.15) is 24.8 Å². The van der Waals surface area contributed by atoms with Gasteiger partial charge in [-0.1, -0.05) is 12.1 Å². The summed E-state index contributed by atoms with van der Waals surface area (Å²) in [4.78, 5) is 11.3. The molecule has 0 heterocycles. The summed E-state index contributed by atoms with van der Waals surface area (Å²) in [6.45, 7) is 1.65. The molecule has 0 unspecified atom stereocenters. The molecule has 1 aliphatic rings. The number of rotatable bonds is 4. The molecule has 0 saturated heterocycles. The van der Waals surface area contributed by atoms with E-state index >= 15 is 0 Å². The van der Waals surface area contributed by atoms with Gasteiger partial charge in [0.15, 0.2) is 11.5 Å². The van der Waals surface area contributed by atoms with Gasteiger partial charge in [-0.3, -0.25) is 4.79 Å². The van der Waals surface area contributed by atoms with Crippen molar-refractivity contribution in [1.29, 1.82) is 0 Å². The van der Waals surface area contributed by atoms with Crippen LogP contribution < -0.4 is 9.47 Å². The van der Waals surface area contributed by atoms with E-state index in [9.17, 15) is 4.79 Å². The van der Waals surface area contributed by atoms with Crippen LogP contribution in [0.3, 0.4) is 0 Å². The maximum atomic E-state index is 11.3. The van der Waals surface area contributed by atoms with E-state index in [2.05, 4.69) is 0 Å². The van der Waals surface area contributed by atoms with Crippen LogP contribution in [0, 0.1) is 5.92 Å². The van der Waals surface area contributed by atoms with Crippen LogP contribution in [0.25, 0.3) is 0 Å². The number of methoxy groups -OCH3 is 2. The predicted octanol–water partition coefficient (Wildman–Crippen LogP) is 2.40. The summed E-state index contributed by atoms with van der Waals surface area (Å²) in [6, 6.07) is 5.81. The van der Waals surface area contributed by atoms with Crippen LogP contribution in [0.4, 0.5) is 0 Å². The summed E-state index contributed by atoms with van der Waals surface area (Å²) in [6.07, 6.45) is 0.929. The number of hydrogen-bond donors (Lipinski definition) is 0. The molecule has 2 rings (SSSR count). The fourth-order valence-electron chi connectivity index (χ4n) is 2.19. The summed E-state index contributed by atoms with van der Waals surface area (Å²) in [5.74, 6) is 2.23. The molecule has 16 heavy (non-hydrogen) atoms. The second kappa shape index (κ2) is 4.16. The van der Waals surface area contributed by atoms with E-state index in [0.717, 1.165) is 23.5 Å². The summed E-state index contributed by atoms with van der Waals surface area (Å²) in [5, 5.41) is 0. The average molecular weight is 220 g/mol. The third-order valence-corrected chi connectivity index (χ3v) is 3.15. The van der Waals surface area contributed by atoms with E-state index < -0.39 is 0 Å². The largest absolute Gasteiger partial charge is 0.493 e. The summed E-state index contributed by atoms with van der Waals surface area (Å²) >= 11 is 0. The van der Waals surface area contributed by atoms with Gasteiger partial charge in [0.05, 0.1) is 14.2 Å². The molecule has 1 aliphatic carbocycles. The molecular weight excluding hydrogens is 204 g/mol. The monoisotopic (exact) mass is 220 g/mol. The summed E-state index contributed by atoms with van der Waals surface area (Å²) < 4.78 is 10.6. The van der Waals surface area contributed by atoms with Crippen molar-refractivity contribution in [2.45, 2.75) is 19.3 Å². The Morgan fingerprint density at radius 3 is 2.56 bits per heavy atom. The molecule has 1 fully saturated rings. The number of carbonyl (C=O) groups excluding carboxylic acids is 1. The van der Waals surface area contributed by atoms with E-state index in [4.69, 9.17) is 9.47 Å². The van der Waals surface area contributed by atoms with Crippen LogP contribution in [-0.4, -0.2) is 20.0 Å². The van der Waals surface area contributed by atoms with E-state index in [0.29, 0.717) is 5.92 Å². The molecule has 0 spiro atoms. The van der Waals surface area contributed by atoms with Crippen molar-refractivity contribution in [2.24, 2.45) is 5.92 Å². The Morgan fingerprint density at radius 2 is 2.06 bits per heavy atom. The van der Waals surface area contributed by atoms with Crippen molar-refractivity contribution in [3.05, 3.63) is 23.8 Å². The highest BCUT2D eigenvalue weighted by Gasteiger charge is 2.43. The minimum Gasteiger partial charge on any atom is -0.493 e. The second-order valence-corrected chi connectivity index (χ2v) is 4.14. The zero-order valence-electron chi connectivity index (χ0n) is 9.82. The molecule has 0 aliphatic heterocycles. The Hall–Kier alpha value is -1.51. The molecule has 1 saturated carbocycles. The van der Waals surface area contributed by atoms with Crippen molar-refractivity contribution < 1.29 is 14.3 Å². The van der Waals surface area contributed by atoms with Gasteiger partial charge in [-0.25, -0.2) is 0 Å². The Kier molecular flexibility index (Phi) is 2.86. The maximum absolute atomic E-state index is 11.3. The first-order chi connectivity index (χ1) is 7.69. The zero-order chi connectivity index (χ0) is 11.7. The molecule has 3 nitrogen and oxygen atoms in total. The molecule has 0 bridgehead atoms. The zero-order valence-corrected chi connectivity index (χ0v) is 9.82. The standard InChI is InChI=1S/C13H16O3/c1-8(14)10-7-11(10)9-5-4-6-12(15-2)13(9)16-3/h4-6,10-11H,7H2,1-3H3/t10-,11-/m0/s1. The highest BCUT2D eigenvalue weighted by molar-refractivity contribution is 5.83. The Balaban J connectivity index is 2.31. The second-order valence-electron chi connectivity index (χ2n) is 4.14. The molecule has 0 aromatic heterocycles. The molecule has 1 aromatic rings. The Labute approximate surface area is 95.4 Å². The Morgan fingerprint density at radius 1 is 1.31 bits per heavy atom. The van der Waals surface area contributed by atoms with E-state index in [-0.39, 0.29) is 11.7 Å². The number of ether oxygens (including phenoxy) is 2. The van der Waals surface area contributed by atoms with Gasteiger partial charge in [0.2, 0.25) is 0 Å². The Bertz CT molecular complexity index is 412. The minimum absolute atomic E-state index is 0.168. The summed E-state index contributed by atoms with van der Waals surface area (Å²) in [5.41, 5.74) is 1.09. The first kappa shape index (κ1) is 11.0. The molecule has 2 atom stereocenters. The lowest BCUT2D eigenvalue weighted by Crippen LogP contribution is -1.98. The van der Waals surface area contributed by atoms with Crippen molar-refractivity contribution in [3.63, 3.8) is 0 Å². The van der Waals surface area contributed by atoms with Gasteiger partial charge < -0.3 is 9.47 Å². The van der Waals surface area contributed by atoms with Gasteiger partial charge in [0.1, 0.15) is 5.78 Å². The third kappa shape index (κ3) is 1.77. The van der Waals surface area contributed by atoms with E-state index in [1.165, 1.54) is 0 Å². The van der Waals surface area contributed by atoms with Crippen LogP contribution in [0.5, 0.6) is 11.5 Å². The molecule has 1 aromatic carbocycles. The lowest BCUT2D eigenvalue weighted by molar-refractivity contribution is -0.118. The predicted molar refractivity (Wildman–Crippen MR) is 61.1 cm³/mol. The van der Waals surface area contributed by atoms with Crippen molar-refractivity contribution in [2.75, 3.05) is 14.2 Å². The molecular formula is C13H16O3. The number of Topliss-reactive ketones (excluding diaryl/α,β-unsaturated/α-hetero) is 1. The topological polar surface area (TPSA) is 35.5 Å². The van der Waals surface area contributed by atoms with Crippen LogP contribution in [-0.2, 0) is 4.79 Å². The van der Waals surface area contributed by atoms with Gasteiger partial charge in [-0.2, -0.15) is 0 Å². The maximum Gasteiger partial charge on any atom is 0.164 e.